The predicted molar refractivity (Wildman–Crippen MR) is 55.8 cm³/mol. The molecule has 0 unspecified atom stereocenters. The molecule has 1 rings (SSSR count). The molecule has 0 aromatic heterocycles. The van der Waals surface area contributed by atoms with Crippen LogP contribution in [-0.4, -0.2) is 13.0 Å². The number of methoxy groups -OCH3 is 1. The number of benzene rings is 1. The van der Waals surface area contributed by atoms with Crippen LogP contribution >= 0.6 is 0 Å². The summed E-state index contributed by atoms with van der Waals surface area (Å²) < 4.78 is 5.01. The van der Waals surface area contributed by atoms with Crippen molar-refractivity contribution in [1.82, 2.24) is 0 Å². The van der Waals surface area contributed by atoms with Gasteiger partial charge in [-0.1, -0.05) is 12.1 Å². The van der Waals surface area contributed by atoms with Gasteiger partial charge in [-0.3, -0.25) is 4.79 Å². The first-order valence-corrected chi connectivity index (χ1v) is 4.25. The molecule has 3 nitrogen and oxygen atoms in total. The Kier molecular flexibility index (Phi) is 3.29. The molecule has 0 saturated heterocycles. The molecule has 0 heterocycles. The van der Waals surface area contributed by atoms with Gasteiger partial charge < -0.3 is 10.5 Å². The number of hydrogen-bond donors (Lipinski definition) is 1. The summed E-state index contributed by atoms with van der Waals surface area (Å²) in [7, 11) is 1.61. The van der Waals surface area contributed by atoms with Gasteiger partial charge in [-0.15, -0.1) is 0 Å². The minimum atomic E-state index is -0.402. The second kappa shape index (κ2) is 4.46. The fourth-order valence-electron chi connectivity index (χ4n) is 1.02. The molecule has 2 N–H and O–H groups in total. The minimum absolute atomic E-state index is 0.402. The number of carbonyl (C=O) groups is 1. The van der Waals surface area contributed by atoms with Crippen LogP contribution in [-0.2, 0) is 4.79 Å². The van der Waals surface area contributed by atoms with E-state index in [1.54, 1.807) is 20.1 Å². The molecule has 1 amide bonds. The molecular weight excluding hydrogens is 178 g/mol. The Morgan fingerprint density at radius 2 is 1.93 bits per heavy atom. The summed E-state index contributed by atoms with van der Waals surface area (Å²) in [5, 5.41) is 0. The average Bonchev–Trinajstić information content (AvgIpc) is 2.19. The fraction of sp³-hybridized carbons (Fsp3) is 0.182. The van der Waals surface area contributed by atoms with Crippen LogP contribution in [0.5, 0.6) is 5.75 Å². The Bertz CT molecular complexity index is 352. The second-order valence-electron chi connectivity index (χ2n) is 2.96. The van der Waals surface area contributed by atoms with Crippen molar-refractivity contribution in [2.24, 2.45) is 5.73 Å². The van der Waals surface area contributed by atoms with Crippen molar-refractivity contribution in [2.75, 3.05) is 7.11 Å². The average molecular weight is 191 g/mol. The van der Waals surface area contributed by atoms with E-state index < -0.39 is 5.91 Å². The summed E-state index contributed by atoms with van der Waals surface area (Å²) >= 11 is 0. The zero-order valence-electron chi connectivity index (χ0n) is 8.28. The van der Waals surface area contributed by atoms with Crippen LogP contribution in [0.4, 0.5) is 0 Å². The summed E-state index contributed by atoms with van der Waals surface area (Å²) in [6, 6.07) is 7.40. The van der Waals surface area contributed by atoms with Crippen LogP contribution < -0.4 is 10.5 Å². The van der Waals surface area contributed by atoms with Gasteiger partial charge in [0, 0.05) is 5.57 Å². The maximum atomic E-state index is 10.8. The third kappa shape index (κ3) is 2.62. The number of rotatable bonds is 3. The highest BCUT2D eigenvalue weighted by Gasteiger charge is 1.97. The molecule has 0 saturated carbocycles. The van der Waals surface area contributed by atoms with E-state index in [1.807, 2.05) is 24.3 Å². The Morgan fingerprint density at radius 1 is 1.36 bits per heavy atom. The predicted octanol–water partition coefficient (Wildman–Crippen LogP) is 1.58. The Balaban J connectivity index is 2.88. The second-order valence-corrected chi connectivity index (χ2v) is 2.96. The van der Waals surface area contributed by atoms with Crippen molar-refractivity contribution in [3.05, 3.63) is 35.4 Å². The molecule has 3 heteroatoms. The smallest absolute Gasteiger partial charge is 0.244 e. The SMILES string of the molecule is COc1ccc(/C=C(/C)C(N)=O)cc1. The van der Waals surface area contributed by atoms with E-state index >= 15 is 0 Å². The highest BCUT2D eigenvalue weighted by Crippen LogP contribution is 2.13. The zero-order chi connectivity index (χ0) is 10.6. The van der Waals surface area contributed by atoms with E-state index in [0.29, 0.717) is 5.57 Å². The lowest BCUT2D eigenvalue weighted by Crippen LogP contribution is -2.11. The van der Waals surface area contributed by atoms with E-state index in [4.69, 9.17) is 10.5 Å². The van der Waals surface area contributed by atoms with E-state index in [9.17, 15) is 4.79 Å². The van der Waals surface area contributed by atoms with Crippen LogP contribution in [0.15, 0.2) is 29.8 Å². The van der Waals surface area contributed by atoms with Crippen LogP contribution in [0.25, 0.3) is 6.08 Å². The van der Waals surface area contributed by atoms with Crippen LogP contribution in [0.3, 0.4) is 0 Å². The lowest BCUT2D eigenvalue weighted by molar-refractivity contribution is -0.114. The standard InChI is InChI=1S/C11H13NO2/c1-8(11(12)13)7-9-3-5-10(14-2)6-4-9/h3-7H,1-2H3,(H2,12,13)/b8-7-. The minimum Gasteiger partial charge on any atom is -0.497 e. The van der Waals surface area contributed by atoms with Gasteiger partial charge in [0.2, 0.25) is 5.91 Å². The van der Waals surface area contributed by atoms with E-state index in [0.717, 1.165) is 11.3 Å². The van der Waals surface area contributed by atoms with Crippen molar-refractivity contribution >= 4 is 12.0 Å². The summed E-state index contributed by atoms with van der Waals surface area (Å²) in [6.45, 7) is 1.69. The van der Waals surface area contributed by atoms with Crippen molar-refractivity contribution < 1.29 is 9.53 Å². The largest absolute Gasteiger partial charge is 0.497 e. The molecule has 74 valence electrons. The van der Waals surface area contributed by atoms with E-state index in [-0.39, 0.29) is 0 Å². The number of carbonyl (C=O) groups excluding carboxylic acids is 1. The molecule has 0 bridgehead atoms. The molecule has 1 aromatic carbocycles. The molecule has 14 heavy (non-hydrogen) atoms. The van der Waals surface area contributed by atoms with Crippen molar-refractivity contribution in [2.45, 2.75) is 6.92 Å². The van der Waals surface area contributed by atoms with E-state index in [2.05, 4.69) is 0 Å². The maximum Gasteiger partial charge on any atom is 0.244 e. The summed E-state index contributed by atoms with van der Waals surface area (Å²) in [5.74, 6) is 0.389. The lowest BCUT2D eigenvalue weighted by Gasteiger charge is -2.00. The third-order valence-electron chi connectivity index (χ3n) is 1.89. The summed E-state index contributed by atoms with van der Waals surface area (Å²) in [6.07, 6.45) is 1.74. The molecule has 0 aliphatic rings. The first kappa shape index (κ1) is 10.3. The van der Waals surface area contributed by atoms with Crippen LogP contribution in [0.1, 0.15) is 12.5 Å². The van der Waals surface area contributed by atoms with Crippen molar-refractivity contribution in [3.63, 3.8) is 0 Å². The molecular formula is C11H13NO2. The molecule has 0 atom stereocenters. The van der Waals surface area contributed by atoms with Gasteiger partial charge in [-0.25, -0.2) is 0 Å². The molecule has 0 fully saturated rings. The summed E-state index contributed by atoms with van der Waals surface area (Å²) in [5.41, 5.74) is 6.58. The van der Waals surface area contributed by atoms with Crippen LogP contribution in [0, 0.1) is 0 Å². The number of nitrogens with two attached hydrogens (primary N) is 1. The highest BCUT2D eigenvalue weighted by molar-refractivity contribution is 5.95. The fourth-order valence-corrected chi connectivity index (χ4v) is 1.02. The molecule has 1 aromatic rings. The van der Waals surface area contributed by atoms with E-state index in [1.165, 1.54) is 0 Å². The Hall–Kier alpha value is -1.77. The van der Waals surface area contributed by atoms with Gasteiger partial charge in [0.1, 0.15) is 5.75 Å². The number of primary amides is 1. The molecule has 0 radical (unpaired) electrons. The number of ether oxygens (including phenoxy) is 1. The van der Waals surface area contributed by atoms with Crippen molar-refractivity contribution in [3.8, 4) is 5.75 Å². The van der Waals surface area contributed by atoms with Crippen molar-refractivity contribution in [1.29, 1.82) is 0 Å². The normalized spacial score (nSPS) is 11.1. The van der Waals surface area contributed by atoms with Gasteiger partial charge in [-0.05, 0) is 30.7 Å². The first-order chi connectivity index (χ1) is 6.63. The monoisotopic (exact) mass is 191 g/mol. The van der Waals surface area contributed by atoms with Gasteiger partial charge in [-0.2, -0.15) is 0 Å². The quantitative estimate of drug-likeness (QED) is 0.737. The number of hydrogen-bond acceptors (Lipinski definition) is 2. The van der Waals surface area contributed by atoms with Crippen LogP contribution in [0.2, 0.25) is 0 Å². The first-order valence-electron chi connectivity index (χ1n) is 4.25. The molecule has 0 spiro atoms. The maximum absolute atomic E-state index is 10.8. The third-order valence-corrected chi connectivity index (χ3v) is 1.89. The highest BCUT2D eigenvalue weighted by atomic mass is 16.5. The van der Waals surface area contributed by atoms with Gasteiger partial charge in [0.05, 0.1) is 7.11 Å². The van der Waals surface area contributed by atoms with Gasteiger partial charge >= 0.3 is 0 Å². The Labute approximate surface area is 83.2 Å². The molecule has 0 aliphatic carbocycles. The topological polar surface area (TPSA) is 52.3 Å². The Morgan fingerprint density at radius 3 is 2.36 bits per heavy atom. The molecule has 0 aliphatic heterocycles. The lowest BCUT2D eigenvalue weighted by atomic mass is 10.1. The summed E-state index contributed by atoms with van der Waals surface area (Å²) in [4.78, 5) is 10.8. The zero-order valence-corrected chi connectivity index (χ0v) is 8.28. The van der Waals surface area contributed by atoms with Gasteiger partial charge in [0.25, 0.3) is 0 Å². The number of amides is 1. The van der Waals surface area contributed by atoms with Gasteiger partial charge in [0.15, 0.2) is 0 Å².